The quantitative estimate of drug-likeness (QED) is 0.0286. The molecule has 119 heavy (non-hydrogen) atoms. The molecule has 5 N–H and O–H groups in total. The van der Waals surface area contributed by atoms with Crippen molar-refractivity contribution in [1.82, 2.24) is 34.9 Å². The minimum absolute atomic E-state index is 0. The number of rotatable bonds is 19. The molecule has 0 bridgehead atoms. The summed E-state index contributed by atoms with van der Waals surface area (Å²) >= 11 is 9.92. The van der Waals surface area contributed by atoms with Gasteiger partial charge < -0.3 is 73.5 Å². The third kappa shape index (κ3) is 25.4. The fourth-order valence-electron chi connectivity index (χ4n) is 12.0. The van der Waals surface area contributed by atoms with Crippen molar-refractivity contribution >= 4 is 156 Å². The van der Waals surface area contributed by atoms with E-state index < -0.39 is 58.8 Å². The zero-order valence-corrected chi connectivity index (χ0v) is 75.3. The SMILES string of the molecule is CC1(C)OB(B2OC(C)(C)C(C)(C)O2)OC1(C)C.CNc1ccc(-c2cnc(Nc3ccc(OC(F)F)nc3)cc2C)c2c1C(=O)CC2.CNc1ccc(Br)c2c1C(=O)CC2.Cc1cc(Nc2ccc(OC(F)F)nc2)ncc1B1OC(C)(C)C(C)(C)O1.Cc1cc(Nc2ccc(OC(F)F)nc2)ncc1Br.FC(F)Oc1ccc(Br)cn1.I. The minimum atomic E-state index is -2.91. The van der Waals surface area contributed by atoms with Gasteiger partial charge in [0, 0.05) is 123 Å². The molecule has 9 aromatic rings. The summed E-state index contributed by atoms with van der Waals surface area (Å²) in [5, 5.41) is 15.3. The van der Waals surface area contributed by atoms with E-state index in [1.54, 1.807) is 42.9 Å². The van der Waals surface area contributed by atoms with Crippen LogP contribution in [0.1, 0.15) is 144 Å². The molecule has 39 heteroatoms. The molecule has 10 heterocycles. The third-order valence-corrected chi connectivity index (χ3v) is 22.3. The number of nitrogens with one attached hydrogen (secondary N) is 5. The molecule has 0 atom stereocenters. The molecule has 7 aromatic heterocycles. The molecule has 0 spiro atoms. The molecule has 5 aliphatic rings. The van der Waals surface area contributed by atoms with Gasteiger partial charge in [-0.25, -0.2) is 34.9 Å². The van der Waals surface area contributed by atoms with Crippen LogP contribution < -0.4 is 51.0 Å². The number of ether oxygens (including phenoxy) is 4. The topological polar surface area (TPSA) is 277 Å². The van der Waals surface area contributed by atoms with Crippen LogP contribution in [0.4, 0.5) is 81.0 Å². The van der Waals surface area contributed by atoms with E-state index in [0.29, 0.717) is 47.4 Å². The van der Waals surface area contributed by atoms with Crippen molar-refractivity contribution < 1.29 is 91.6 Å². The number of aromatic nitrogens is 7. The van der Waals surface area contributed by atoms with E-state index in [0.717, 1.165) is 93.2 Å². The summed E-state index contributed by atoms with van der Waals surface area (Å²) in [6, 6.07) is 25.3. The van der Waals surface area contributed by atoms with Gasteiger partial charge in [-0.05, 0) is 243 Å². The number of carbonyl (C=O) groups excluding carboxylic acids is 2. The number of aryl methyl sites for hydroxylation is 3. The van der Waals surface area contributed by atoms with Crippen LogP contribution >= 0.6 is 71.8 Å². The lowest BCUT2D eigenvalue weighted by Gasteiger charge is -2.32. The molecule has 2 aliphatic carbocycles. The number of hydrogen-bond donors (Lipinski definition) is 5. The lowest BCUT2D eigenvalue weighted by molar-refractivity contribution is -0.0535. The Bertz CT molecular complexity index is 4880. The number of halogens is 12. The van der Waals surface area contributed by atoms with Gasteiger partial charge in [0.25, 0.3) is 0 Å². The van der Waals surface area contributed by atoms with Crippen LogP contribution in [0.5, 0.6) is 23.5 Å². The van der Waals surface area contributed by atoms with E-state index in [4.69, 9.17) is 27.9 Å². The first-order valence-electron chi connectivity index (χ1n) is 37.0. The number of alkyl halides is 8. The second-order valence-corrected chi connectivity index (χ2v) is 32.8. The molecule has 0 saturated carbocycles. The number of pyridine rings is 7. The van der Waals surface area contributed by atoms with Crippen LogP contribution in [0, 0.1) is 20.8 Å². The maximum atomic E-state index is 12.3. The first-order chi connectivity index (χ1) is 55.4. The average molecular weight is 1960 g/mol. The maximum absolute atomic E-state index is 12.3. The van der Waals surface area contributed by atoms with Crippen molar-refractivity contribution in [2.24, 2.45) is 0 Å². The molecular weight excluding hydrogens is 1870 g/mol. The monoisotopic (exact) mass is 1960 g/mol. The third-order valence-electron chi connectivity index (χ3n) is 20.3. The summed E-state index contributed by atoms with van der Waals surface area (Å²) < 4.78 is 151. The van der Waals surface area contributed by atoms with Crippen LogP contribution in [0.25, 0.3) is 11.1 Å². The van der Waals surface area contributed by atoms with E-state index in [1.165, 1.54) is 49.1 Å². The van der Waals surface area contributed by atoms with Crippen LogP contribution in [0.2, 0.25) is 0 Å². The van der Waals surface area contributed by atoms with E-state index >= 15 is 0 Å². The van der Waals surface area contributed by atoms with Crippen molar-refractivity contribution in [3.63, 3.8) is 0 Å². The van der Waals surface area contributed by atoms with Gasteiger partial charge in [-0.15, -0.1) is 24.0 Å². The summed E-state index contributed by atoms with van der Waals surface area (Å²) in [7, 11) is 2.22. The number of nitrogens with zero attached hydrogens (tertiary/aromatic N) is 7. The molecule has 0 amide bonds. The molecule has 0 radical (unpaired) electrons. The number of hydrogen-bond acceptors (Lipinski definition) is 24. The van der Waals surface area contributed by atoms with Crippen molar-refractivity contribution in [3.05, 3.63) is 187 Å². The molecule has 3 fully saturated rings. The van der Waals surface area contributed by atoms with E-state index in [1.807, 2.05) is 160 Å². The Kier molecular flexibility index (Phi) is 33.1. The molecule has 3 aliphatic heterocycles. The smallest absolute Gasteiger partial charge is 0.417 e. The Morgan fingerprint density at radius 3 is 1.10 bits per heavy atom. The standard InChI is InChI=1S/C22H20F2N4O2.C18H22BF2N3O3.C12H24B2O4.C12H10BrF2N3O.C10H10BrNO.C6H4BrF2NO.HI/c1-12-9-19(28-13-3-8-20(27-10-13)30-22(23)24)26-11-16(12)14-4-6-17(25-2)21-15(14)5-7-18(21)29;1-11-8-14(24-12-6-7-15(23-9-12)25-16(20)21)22-10-13(11)19-26-17(2,3)18(4,5)27-19;1-9(2)10(3,4)16-13(15-9)14-17-11(5,6)12(7,8)18-14;1-7-4-10(16-6-9(7)13)18-8-2-3-11(17-5-8)19-12(14)15;1-12-8-4-3-7(11)6-2-5-9(13)10(6)8;7-4-1-2-5(10-3-4)11-6(8)9;/h3-4,6,8-11,22,25H,5,7H2,1-2H3,(H,26,28);6-10,16H,1-5H3,(H,22,24);1-8H3;2-6,12H,1H3,(H,16,18);3-4,12H,2,5H2,1H3;1-3,6H;1H. The predicted octanol–water partition coefficient (Wildman–Crippen LogP) is 20.2. The fourth-order valence-corrected chi connectivity index (χ4v) is 13.0. The summed E-state index contributed by atoms with van der Waals surface area (Å²) in [6.45, 7) is 18.6. The zero-order valence-electron chi connectivity index (χ0n) is 68.2. The van der Waals surface area contributed by atoms with Gasteiger partial charge in [-0.3, -0.25) is 9.59 Å². The van der Waals surface area contributed by atoms with Crippen molar-refractivity contribution in [2.45, 2.75) is 190 Å². The first-order valence-corrected chi connectivity index (χ1v) is 39.4. The van der Waals surface area contributed by atoms with Gasteiger partial charge in [0.2, 0.25) is 23.5 Å². The van der Waals surface area contributed by atoms with E-state index in [9.17, 15) is 44.7 Å². The highest BCUT2D eigenvalue weighted by Crippen LogP contribution is 2.45. The average Bonchev–Trinajstić information content (AvgIpc) is 1.61. The van der Waals surface area contributed by atoms with Crippen LogP contribution in [-0.2, 0) is 40.8 Å². The predicted molar refractivity (Wildman–Crippen MR) is 463 cm³/mol. The molecule has 0 unspecified atom stereocenters. The Hall–Kier alpha value is -8.41. The molecule has 636 valence electrons. The number of Topliss-reactive ketones (excluding diaryl/α,β-unsaturated/α-hetero) is 2. The second kappa shape index (κ2) is 41.0. The summed E-state index contributed by atoms with van der Waals surface area (Å²) in [5.41, 5.74) is 11.0. The zero-order chi connectivity index (χ0) is 86.6. The lowest BCUT2D eigenvalue weighted by Crippen LogP contribution is -2.41. The van der Waals surface area contributed by atoms with Crippen molar-refractivity contribution in [3.8, 4) is 34.6 Å². The van der Waals surface area contributed by atoms with Gasteiger partial charge in [0.1, 0.15) is 17.5 Å². The number of anilines is 8. The second-order valence-electron chi connectivity index (χ2n) is 30.1. The Balaban J connectivity index is 0.000000183. The number of fused-ring (bicyclic) bond motifs is 2. The van der Waals surface area contributed by atoms with Gasteiger partial charge in [0.15, 0.2) is 11.6 Å². The van der Waals surface area contributed by atoms with Gasteiger partial charge in [0.05, 0.1) is 69.3 Å². The van der Waals surface area contributed by atoms with E-state index in [-0.39, 0.29) is 81.5 Å². The summed E-state index contributed by atoms with van der Waals surface area (Å²) in [6.07, 6.45) is 13.5. The molecule has 3 saturated heterocycles. The molecule has 24 nitrogen and oxygen atoms in total. The maximum Gasteiger partial charge on any atom is 0.496 e. The molecular formula is C80H91B3Br3F8IN12O12. The highest BCUT2D eigenvalue weighted by molar-refractivity contribution is 14.0. The van der Waals surface area contributed by atoms with Crippen molar-refractivity contribution in [2.75, 3.05) is 40.7 Å². The van der Waals surface area contributed by atoms with Crippen LogP contribution in [0.15, 0.2) is 148 Å². The van der Waals surface area contributed by atoms with Gasteiger partial charge in [-0.1, -0.05) is 22.0 Å². The molecule has 2 aromatic carbocycles. The minimum Gasteiger partial charge on any atom is -0.417 e. The van der Waals surface area contributed by atoms with Crippen LogP contribution in [-0.4, -0.2) is 142 Å². The van der Waals surface area contributed by atoms with Gasteiger partial charge >= 0.3 is 47.6 Å². The van der Waals surface area contributed by atoms with E-state index in [2.05, 4.69) is 128 Å². The highest BCUT2D eigenvalue weighted by atomic mass is 127. The fraction of sp³-hybridized carbons (Fsp3) is 0.388. The normalized spacial score (nSPS) is 16.4. The first kappa shape index (κ1) is 96.1. The van der Waals surface area contributed by atoms with Crippen molar-refractivity contribution in [1.29, 1.82) is 0 Å². The highest BCUT2D eigenvalue weighted by Gasteiger charge is 2.64. The summed E-state index contributed by atoms with van der Waals surface area (Å²) in [4.78, 5) is 51.9. The molecule has 14 rings (SSSR count). The lowest BCUT2D eigenvalue weighted by atomic mass is 9.49. The Morgan fingerprint density at radius 2 is 0.739 bits per heavy atom. The Morgan fingerprint density at radius 1 is 0.387 bits per heavy atom. The number of ketones is 2. The largest absolute Gasteiger partial charge is 0.496 e. The number of benzene rings is 2. The number of carbonyl (C=O) groups is 2. The van der Waals surface area contributed by atoms with Crippen LogP contribution in [0.3, 0.4) is 0 Å². The summed E-state index contributed by atoms with van der Waals surface area (Å²) in [5.74, 6) is 1.75. The Labute approximate surface area is 728 Å². The van der Waals surface area contributed by atoms with Gasteiger partial charge in [-0.2, -0.15) is 35.1 Å².